The molecule has 0 saturated heterocycles. The zero-order chi connectivity index (χ0) is 27.9. The average Bonchev–Trinajstić information content (AvgIpc) is 3.37. The highest BCUT2D eigenvalue weighted by Gasteiger charge is 2.35. The minimum Gasteiger partial charge on any atom is -0.374 e. The molecule has 4 heteroatoms. The number of hydrogen-bond donors (Lipinski definition) is 0. The first-order valence-electron chi connectivity index (χ1n) is 14.0. The van der Waals surface area contributed by atoms with Crippen molar-refractivity contribution in [2.45, 2.75) is 31.5 Å². The molecule has 0 radical (unpaired) electrons. The van der Waals surface area contributed by atoms with Crippen LogP contribution in [0.1, 0.15) is 28.4 Å². The van der Waals surface area contributed by atoms with E-state index in [-0.39, 0.29) is 18.3 Å². The largest absolute Gasteiger partial charge is 0.374 e. The van der Waals surface area contributed by atoms with Gasteiger partial charge in [-0.1, -0.05) is 109 Å². The Hall–Kier alpha value is -4.40. The van der Waals surface area contributed by atoms with Crippen molar-refractivity contribution >= 4 is 10.9 Å². The van der Waals surface area contributed by atoms with Gasteiger partial charge in [-0.05, 0) is 35.4 Å². The molecule has 3 atom stereocenters. The van der Waals surface area contributed by atoms with Crippen LogP contribution in [0, 0.1) is 11.8 Å². The molecule has 1 aliphatic rings. The van der Waals surface area contributed by atoms with Crippen LogP contribution in [-0.2, 0) is 34.5 Å². The molecule has 0 N–H and O–H groups in total. The maximum absolute atomic E-state index is 6.81. The molecule has 0 spiro atoms. The average molecular weight is 540 g/mol. The van der Waals surface area contributed by atoms with Gasteiger partial charge in [-0.15, -0.1) is 0 Å². The van der Waals surface area contributed by atoms with Crippen LogP contribution < -0.4 is 0 Å². The molecule has 0 bridgehead atoms. The lowest BCUT2D eigenvalue weighted by Gasteiger charge is -2.35. The predicted octanol–water partition coefficient (Wildman–Crippen LogP) is 7.40. The van der Waals surface area contributed by atoms with E-state index in [1.807, 2.05) is 66.7 Å². The third-order valence-electron chi connectivity index (χ3n) is 7.32. The van der Waals surface area contributed by atoms with E-state index >= 15 is 0 Å². The summed E-state index contributed by atoms with van der Waals surface area (Å²) in [6.45, 7) is 1.33. The van der Waals surface area contributed by atoms with Crippen LogP contribution in [0.5, 0.6) is 0 Å². The van der Waals surface area contributed by atoms with E-state index in [0.717, 1.165) is 33.3 Å². The third kappa shape index (κ3) is 6.51. The van der Waals surface area contributed by atoms with Gasteiger partial charge in [0, 0.05) is 40.8 Å². The summed E-state index contributed by atoms with van der Waals surface area (Å²) >= 11 is 0. The summed E-state index contributed by atoms with van der Waals surface area (Å²) in [6.07, 6.45) is 3.26. The molecular weight excluding hydrogens is 506 g/mol. The summed E-state index contributed by atoms with van der Waals surface area (Å²) in [7, 11) is 2.07. The summed E-state index contributed by atoms with van der Waals surface area (Å²) in [6, 6.07) is 38.9. The lowest BCUT2D eigenvalue weighted by Crippen LogP contribution is -2.40. The van der Waals surface area contributed by atoms with E-state index in [0.29, 0.717) is 19.8 Å². The van der Waals surface area contributed by atoms with Gasteiger partial charge in [-0.25, -0.2) is 0 Å². The second-order valence-electron chi connectivity index (χ2n) is 10.3. The molecule has 1 aromatic heterocycles. The highest BCUT2D eigenvalue weighted by molar-refractivity contribution is 5.84. The molecule has 0 aliphatic carbocycles. The third-order valence-corrected chi connectivity index (χ3v) is 7.32. The second kappa shape index (κ2) is 12.8. The first-order valence-corrected chi connectivity index (χ1v) is 14.0. The summed E-state index contributed by atoms with van der Waals surface area (Å²) in [5.41, 5.74) is 6.35. The highest BCUT2D eigenvalue weighted by Crippen LogP contribution is 2.36. The minimum absolute atomic E-state index is 0.289. The van der Waals surface area contributed by atoms with Crippen LogP contribution in [0.2, 0.25) is 0 Å². The first kappa shape index (κ1) is 26.8. The fraction of sp³-hybridized carbons (Fsp3) is 0.189. The highest BCUT2D eigenvalue weighted by atomic mass is 16.6. The number of fused-ring (bicyclic) bond motifs is 1. The maximum atomic E-state index is 6.81. The molecule has 0 saturated carbocycles. The summed E-state index contributed by atoms with van der Waals surface area (Å²) in [5, 5.41) is 1.17. The SMILES string of the molecule is Cn1cc(C2C=C(C#Cc3ccccc3)[C@H](OCc3ccccc3)[C@@H](COCc3ccccc3)O2)c2ccccc21. The lowest BCUT2D eigenvalue weighted by atomic mass is 9.95. The van der Waals surface area contributed by atoms with Gasteiger partial charge in [-0.2, -0.15) is 0 Å². The van der Waals surface area contributed by atoms with Crippen molar-refractivity contribution in [3.8, 4) is 11.8 Å². The Labute approximate surface area is 241 Å². The summed E-state index contributed by atoms with van der Waals surface area (Å²) in [5.74, 6) is 6.82. The monoisotopic (exact) mass is 539 g/mol. The van der Waals surface area contributed by atoms with Gasteiger partial charge < -0.3 is 18.8 Å². The van der Waals surface area contributed by atoms with E-state index < -0.39 is 0 Å². The topological polar surface area (TPSA) is 32.6 Å². The Morgan fingerprint density at radius 3 is 2.10 bits per heavy atom. The Kier molecular flexibility index (Phi) is 8.40. The molecule has 5 aromatic rings. The van der Waals surface area contributed by atoms with Gasteiger partial charge in [0.05, 0.1) is 19.8 Å². The van der Waals surface area contributed by atoms with E-state index in [2.05, 4.69) is 84.3 Å². The van der Waals surface area contributed by atoms with Gasteiger partial charge in [0.2, 0.25) is 0 Å². The second-order valence-corrected chi connectivity index (χ2v) is 10.3. The van der Waals surface area contributed by atoms with Crippen LogP contribution in [0.4, 0.5) is 0 Å². The quantitative estimate of drug-likeness (QED) is 0.193. The number of hydrogen-bond acceptors (Lipinski definition) is 3. The zero-order valence-electron chi connectivity index (χ0n) is 23.1. The van der Waals surface area contributed by atoms with E-state index in [1.54, 1.807) is 0 Å². The molecule has 4 nitrogen and oxygen atoms in total. The van der Waals surface area contributed by atoms with Gasteiger partial charge in [0.25, 0.3) is 0 Å². The van der Waals surface area contributed by atoms with Crippen LogP contribution in [0.15, 0.2) is 133 Å². The Morgan fingerprint density at radius 1 is 0.732 bits per heavy atom. The van der Waals surface area contributed by atoms with Crippen molar-refractivity contribution in [1.29, 1.82) is 0 Å². The number of benzene rings is 4. The minimum atomic E-state index is -0.381. The van der Waals surface area contributed by atoms with Crippen molar-refractivity contribution in [3.05, 3.63) is 155 Å². The first-order chi connectivity index (χ1) is 20.2. The fourth-order valence-corrected chi connectivity index (χ4v) is 5.25. The normalized spacial score (nSPS) is 18.5. The molecular formula is C37H33NO3. The standard InChI is InChI=1S/C37H33NO3/c1-38-24-33(32-19-11-12-20-34(32)38)35-23-31(22-21-28-13-5-2-6-14-28)37(40-26-30-17-9-4-10-18-30)36(41-35)27-39-25-29-15-7-3-8-16-29/h2-20,23-24,35-37H,25-27H2,1H3/t35?,36-,37+/m1/s1. The molecule has 0 amide bonds. The number of para-hydroxylation sites is 1. The molecule has 4 aromatic carbocycles. The van der Waals surface area contributed by atoms with Gasteiger partial charge >= 0.3 is 0 Å². The van der Waals surface area contributed by atoms with Crippen molar-refractivity contribution in [2.75, 3.05) is 6.61 Å². The van der Waals surface area contributed by atoms with Crippen LogP contribution in [-0.4, -0.2) is 23.4 Å². The van der Waals surface area contributed by atoms with Crippen LogP contribution in [0.25, 0.3) is 10.9 Å². The smallest absolute Gasteiger partial charge is 0.119 e. The lowest BCUT2D eigenvalue weighted by molar-refractivity contribution is -0.122. The van der Waals surface area contributed by atoms with Gasteiger partial charge in [0.1, 0.15) is 18.3 Å². The predicted molar refractivity (Wildman–Crippen MR) is 163 cm³/mol. The van der Waals surface area contributed by atoms with Gasteiger partial charge in [-0.3, -0.25) is 0 Å². The number of nitrogens with zero attached hydrogens (tertiary/aromatic N) is 1. The van der Waals surface area contributed by atoms with E-state index in [9.17, 15) is 0 Å². The maximum Gasteiger partial charge on any atom is 0.119 e. The number of rotatable bonds is 8. The summed E-state index contributed by atoms with van der Waals surface area (Å²) in [4.78, 5) is 0. The Morgan fingerprint density at radius 2 is 1.37 bits per heavy atom. The van der Waals surface area contributed by atoms with Crippen LogP contribution in [0.3, 0.4) is 0 Å². The fourth-order valence-electron chi connectivity index (χ4n) is 5.25. The summed E-state index contributed by atoms with van der Waals surface area (Å²) < 4.78 is 21.8. The molecule has 1 unspecified atom stereocenters. The molecule has 41 heavy (non-hydrogen) atoms. The number of aryl methyl sites for hydroxylation is 1. The molecule has 6 rings (SSSR count). The molecule has 204 valence electrons. The molecule has 0 fully saturated rings. The molecule has 1 aliphatic heterocycles. The van der Waals surface area contributed by atoms with Gasteiger partial charge in [0.15, 0.2) is 0 Å². The molecule has 2 heterocycles. The number of aromatic nitrogens is 1. The van der Waals surface area contributed by atoms with Crippen molar-refractivity contribution in [3.63, 3.8) is 0 Å². The van der Waals surface area contributed by atoms with E-state index in [4.69, 9.17) is 14.2 Å². The van der Waals surface area contributed by atoms with Crippen LogP contribution >= 0.6 is 0 Å². The number of ether oxygens (including phenoxy) is 3. The Bertz CT molecular complexity index is 1660. The van der Waals surface area contributed by atoms with Crippen molar-refractivity contribution in [2.24, 2.45) is 7.05 Å². The zero-order valence-corrected chi connectivity index (χ0v) is 23.1. The Balaban J connectivity index is 1.36. The van der Waals surface area contributed by atoms with Crippen molar-refractivity contribution < 1.29 is 14.2 Å². The van der Waals surface area contributed by atoms with Crippen molar-refractivity contribution in [1.82, 2.24) is 4.57 Å². The van der Waals surface area contributed by atoms with E-state index in [1.165, 1.54) is 5.39 Å².